The van der Waals surface area contributed by atoms with Gasteiger partial charge in [-0.2, -0.15) is 27.1 Å². The Balaban J connectivity index is 1.89. The lowest BCUT2D eigenvalue weighted by atomic mass is 9.79. The molecule has 0 aliphatic carbocycles. The maximum atomic E-state index is 15.4. The first-order chi connectivity index (χ1) is 17.2. The highest BCUT2D eigenvalue weighted by molar-refractivity contribution is 6.11. The van der Waals surface area contributed by atoms with Crippen LogP contribution in [0.4, 0.5) is 26.3 Å². The van der Waals surface area contributed by atoms with Crippen molar-refractivity contribution < 1.29 is 35.9 Å². The van der Waals surface area contributed by atoms with Gasteiger partial charge in [0.25, 0.3) is 0 Å². The van der Waals surface area contributed by atoms with E-state index in [1.165, 1.54) is 43.5 Å². The Bertz CT molecular complexity index is 1360. The van der Waals surface area contributed by atoms with Crippen molar-refractivity contribution >= 4 is 11.5 Å². The largest absolute Gasteiger partial charge is 0.497 e. The summed E-state index contributed by atoms with van der Waals surface area (Å²) in [5.41, 5.74) is -3.00. The summed E-state index contributed by atoms with van der Waals surface area (Å²) in [4.78, 5) is 13.4. The van der Waals surface area contributed by atoms with Gasteiger partial charge < -0.3 is 4.74 Å². The molecule has 1 aliphatic heterocycles. The second-order valence-corrected chi connectivity index (χ2v) is 9.39. The third kappa shape index (κ3) is 4.32. The molecule has 10 heteroatoms. The van der Waals surface area contributed by atoms with E-state index >= 15 is 4.39 Å². The first-order valence-corrected chi connectivity index (χ1v) is 11.4. The molecule has 1 unspecified atom stereocenters. The second kappa shape index (κ2) is 9.08. The van der Waals surface area contributed by atoms with E-state index < -0.39 is 40.7 Å². The van der Waals surface area contributed by atoms with Crippen molar-refractivity contribution in [2.75, 3.05) is 7.11 Å². The van der Waals surface area contributed by atoms with Crippen LogP contribution in [0.5, 0.6) is 5.75 Å². The van der Waals surface area contributed by atoms with Gasteiger partial charge in [0.1, 0.15) is 11.9 Å². The van der Waals surface area contributed by atoms with Gasteiger partial charge in [-0.05, 0) is 30.2 Å². The fraction of sp³-hybridized carbons (Fsp3) is 0.333. The number of hydrogen-bond donors (Lipinski definition) is 0. The number of halogens is 6. The molecule has 1 aromatic heterocycles. The highest BCUT2D eigenvalue weighted by atomic mass is 19.4. The molecule has 0 radical (unpaired) electrons. The van der Waals surface area contributed by atoms with Crippen molar-refractivity contribution in [2.45, 2.75) is 50.9 Å². The number of hydrogen-bond acceptors (Lipinski definition) is 3. The summed E-state index contributed by atoms with van der Waals surface area (Å²) in [6, 6.07) is 13.3. The molecule has 3 aromatic rings. The van der Waals surface area contributed by atoms with E-state index in [-0.39, 0.29) is 28.9 Å². The van der Waals surface area contributed by atoms with Crippen LogP contribution in [0.3, 0.4) is 0 Å². The third-order valence-corrected chi connectivity index (χ3v) is 6.87. The molecule has 0 saturated carbocycles. The zero-order chi connectivity index (χ0) is 27.3. The van der Waals surface area contributed by atoms with Crippen LogP contribution in [-0.2, 0) is 11.3 Å². The third-order valence-electron chi connectivity index (χ3n) is 6.87. The maximum Gasteiger partial charge on any atom is 0.459 e. The van der Waals surface area contributed by atoms with Crippen molar-refractivity contribution in [3.05, 3.63) is 88.2 Å². The molecule has 0 fully saturated rings. The number of allylic oxidation sites excluding steroid dienone is 2. The predicted molar refractivity (Wildman–Crippen MR) is 125 cm³/mol. The Hall–Kier alpha value is -3.56. The zero-order valence-electron chi connectivity index (χ0n) is 20.5. The first-order valence-electron chi connectivity index (χ1n) is 11.4. The number of aromatic nitrogens is 2. The SMILES string of the molecule is COc1ccc(C(F)CC2=C(C)C(C)(C)c3c(C(=O)c4ccccc4)c(C(F)(F)C(F)(F)F)nn32)cc1. The lowest BCUT2D eigenvalue weighted by molar-refractivity contribution is -0.291. The lowest BCUT2D eigenvalue weighted by Crippen LogP contribution is -2.36. The predicted octanol–water partition coefficient (Wildman–Crippen LogP) is 7.40. The van der Waals surface area contributed by atoms with Crippen molar-refractivity contribution in [2.24, 2.45) is 0 Å². The van der Waals surface area contributed by atoms with E-state index in [1.54, 1.807) is 39.0 Å². The van der Waals surface area contributed by atoms with E-state index in [0.29, 0.717) is 11.3 Å². The number of nitrogens with zero attached hydrogens (tertiary/aromatic N) is 2. The number of carbonyl (C=O) groups is 1. The van der Waals surface area contributed by atoms with E-state index in [4.69, 9.17) is 4.74 Å². The average Bonchev–Trinajstić information content (AvgIpc) is 3.35. The van der Waals surface area contributed by atoms with Crippen LogP contribution in [0.2, 0.25) is 0 Å². The summed E-state index contributed by atoms with van der Waals surface area (Å²) < 4.78 is 91.4. The van der Waals surface area contributed by atoms with E-state index in [1.807, 2.05) is 0 Å². The number of fused-ring (bicyclic) bond motifs is 1. The number of ketones is 1. The van der Waals surface area contributed by atoms with Crippen LogP contribution in [0, 0.1) is 0 Å². The maximum absolute atomic E-state index is 15.4. The zero-order valence-corrected chi connectivity index (χ0v) is 20.5. The van der Waals surface area contributed by atoms with Crippen LogP contribution in [0.1, 0.15) is 66.2 Å². The molecule has 0 N–H and O–H groups in total. The number of rotatable bonds is 7. The van der Waals surface area contributed by atoms with Crippen LogP contribution in [0.25, 0.3) is 5.70 Å². The molecule has 1 aliphatic rings. The van der Waals surface area contributed by atoms with Crippen LogP contribution in [0.15, 0.2) is 60.2 Å². The van der Waals surface area contributed by atoms with Crippen molar-refractivity contribution in [1.29, 1.82) is 0 Å². The molecular formula is C27H24F6N2O2. The van der Waals surface area contributed by atoms with Crippen molar-refractivity contribution in [3.63, 3.8) is 0 Å². The molecule has 0 spiro atoms. The summed E-state index contributed by atoms with van der Waals surface area (Å²) in [6.07, 6.45) is -7.98. The van der Waals surface area contributed by atoms with Gasteiger partial charge in [0.15, 0.2) is 11.5 Å². The van der Waals surface area contributed by atoms with Crippen LogP contribution < -0.4 is 4.74 Å². The molecule has 196 valence electrons. The van der Waals surface area contributed by atoms with Gasteiger partial charge in [-0.15, -0.1) is 0 Å². The molecule has 0 bridgehead atoms. The Kier molecular flexibility index (Phi) is 6.50. The summed E-state index contributed by atoms with van der Waals surface area (Å²) >= 11 is 0. The number of alkyl halides is 6. The van der Waals surface area contributed by atoms with Gasteiger partial charge in [0, 0.05) is 23.1 Å². The monoisotopic (exact) mass is 522 g/mol. The summed E-state index contributed by atoms with van der Waals surface area (Å²) in [5.74, 6) is -5.93. The van der Waals surface area contributed by atoms with E-state index in [9.17, 15) is 26.7 Å². The Labute approximate surface area is 209 Å². The van der Waals surface area contributed by atoms with Crippen LogP contribution >= 0.6 is 0 Å². The Morgan fingerprint density at radius 3 is 2.16 bits per heavy atom. The number of ether oxygens (including phenoxy) is 1. The first kappa shape index (κ1) is 26.5. The molecule has 2 aromatic carbocycles. The normalized spacial score (nSPS) is 16.1. The van der Waals surface area contributed by atoms with Gasteiger partial charge in [-0.1, -0.05) is 56.3 Å². The minimum Gasteiger partial charge on any atom is -0.497 e. The number of carbonyl (C=O) groups excluding carboxylic acids is 1. The highest BCUT2D eigenvalue weighted by Gasteiger charge is 2.63. The van der Waals surface area contributed by atoms with Gasteiger partial charge in [0.2, 0.25) is 0 Å². The van der Waals surface area contributed by atoms with Gasteiger partial charge >= 0.3 is 12.1 Å². The van der Waals surface area contributed by atoms with Gasteiger partial charge in [0.05, 0.1) is 18.4 Å². The van der Waals surface area contributed by atoms with Gasteiger partial charge in [-0.3, -0.25) is 4.79 Å². The summed E-state index contributed by atoms with van der Waals surface area (Å²) in [7, 11) is 1.46. The minimum absolute atomic E-state index is 0.0685. The molecule has 4 rings (SSSR count). The summed E-state index contributed by atoms with van der Waals surface area (Å²) in [5, 5.41) is 3.66. The van der Waals surface area contributed by atoms with Crippen molar-refractivity contribution in [3.8, 4) is 5.75 Å². The number of methoxy groups -OCH3 is 1. The standard InChI is InChI=1S/C27H24F6N2O2/c1-15-20(14-19(28)16-10-12-18(37-4)13-11-16)35-24(25(15,2)3)21(22(36)17-8-6-5-7-9-17)23(34-35)26(29,30)27(31,32)33/h5-13,19H,14H2,1-4H3. The Morgan fingerprint density at radius 2 is 1.62 bits per heavy atom. The lowest BCUT2D eigenvalue weighted by Gasteiger charge is -2.23. The minimum atomic E-state index is -6.00. The number of benzene rings is 2. The average molecular weight is 522 g/mol. The molecule has 1 atom stereocenters. The van der Waals surface area contributed by atoms with Gasteiger partial charge in [-0.25, -0.2) is 9.07 Å². The molecular weight excluding hydrogens is 498 g/mol. The fourth-order valence-electron chi connectivity index (χ4n) is 4.53. The van der Waals surface area contributed by atoms with E-state index in [2.05, 4.69) is 5.10 Å². The quantitative estimate of drug-likeness (QED) is 0.240. The second-order valence-electron chi connectivity index (χ2n) is 9.39. The molecule has 2 heterocycles. The molecule has 0 amide bonds. The summed E-state index contributed by atoms with van der Waals surface area (Å²) in [6.45, 7) is 4.80. The smallest absolute Gasteiger partial charge is 0.459 e. The molecule has 4 nitrogen and oxygen atoms in total. The Morgan fingerprint density at radius 1 is 1.03 bits per heavy atom. The van der Waals surface area contributed by atoms with Crippen molar-refractivity contribution in [1.82, 2.24) is 9.78 Å². The molecule has 37 heavy (non-hydrogen) atoms. The topological polar surface area (TPSA) is 44.1 Å². The van der Waals surface area contributed by atoms with E-state index in [0.717, 1.165) is 4.68 Å². The van der Waals surface area contributed by atoms with Crippen LogP contribution in [-0.4, -0.2) is 28.8 Å². The molecule has 0 saturated heterocycles. The fourth-order valence-corrected chi connectivity index (χ4v) is 4.53. The highest BCUT2D eigenvalue weighted by Crippen LogP contribution is 2.52.